The molecule has 0 spiro atoms. The van der Waals surface area contributed by atoms with E-state index in [0.717, 1.165) is 6.42 Å². The fourth-order valence-corrected chi connectivity index (χ4v) is 1.05. The molecule has 0 saturated carbocycles. The van der Waals surface area contributed by atoms with E-state index < -0.39 is 0 Å². The third-order valence-corrected chi connectivity index (χ3v) is 1.50. The molecule has 1 N–H and O–H groups in total. The maximum Gasteiger partial charge on any atom is 0.0729 e. The van der Waals surface area contributed by atoms with Crippen LogP contribution in [0.25, 0.3) is 0 Å². The molecule has 0 amide bonds. The zero-order valence-corrected chi connectivity index (χ0v) is 5.39. The predicted octanol–water partition coefficient (Wildman–Crippen LogP) is 1.33. The van der Waals surface area contributed by atoms with Crippen LogP contribution in [0.4, 0.5) is 0 Å². The van der Waals surface area contributed by atoms with Gasteiger partial charge in [0, 0.05) is 0 Å². The molecule has 0 radical (unpaired) electrons. The minimum absolute atomic E-state index is 0.190. The van der Waals surface area contributed by atoms with Crippen molar-refractivity contribution in [2.24, 2.45) is 5.41 Å². The van der Waals surface area contributed by atoms with Gasteiger partial charge in [0.05, 0.1) is 6.10 Å². The summed E-state index contributed by atoms with van der Waals surface area (Å²) in [6, 6.07) is 0. The van der Waals surface area contributed by atoms with Crippen LogP contribution < -0.4 is 0 Å². The highest BCUT2D eigenvalue weighted by Gasteiger charge is 2.22. The summed E-state index contributed by atoms with van der Waals surface area (Å²) < 4.78 is 0. The van der Waals surface area contributed by atoms with E-state index in [2.05, 4.69) is 19.9 Å². The zero-order valence-electron chi connectivity index (χ0n) is 5.39. The van der Waals surface area contributed by atoms with Crippen molar-refractivity contribution in [2.45, 2.75) is 26.4 Å². The van der Waals surface area contributed by atoms with E-state index in [1.807, 2.05) is 6.08 Å². The Morgan fingerprint density at radius 1 is 1.62 bits per heavy atom. The fraction of sp³-hybridized carbons (Fsp3) is 0.714. The van der Waals surface area contributed by atoms with E-state index >= 15 is 0 Å². The normalized spacial score (nSPS) is 33.6. The van der Waals surface area contributed by atoms with Crippen LogP contribution in [0, 0.1) is 5.41 Å². The number of hydrogen-bond donors (Lipinski definition) is 1. The van der Waals surface area contributed by atoms with Crippen LogP contribution in [-0.4, -0.2) is 11.2 Å². The van der Waals surface area contributed by atoms with Gasteiger partial charge in [-0.1, -0.05) is 26.0 Å². The SMILES string of the molecule is CC1(C)C=CC(O)C1. The minimum Gasteiger partial charge on any atom is -0.389 e. The Bertz CT molecular complexity index is 114. The first-order valence-electron chi connectivity index (χ1n) is 2.98. The summed E-state index contributed by atoms with van der Waals surface area (Å²) in [5.41, 5.74) is 0.236. The summed E-state index contributed by atoms with van der Waals surface area (Å²) in [6.45, 7) is 4.25. The number of hydrogen-bond acceptors (Lipinski definition) is 1. The third kappa shape index (κ3) is 1.10. The second-order valence-electron chi connectivity index (χ2n) is 3.12. The van der Waals surface area contributed by atoms with Crippen molar-refractivity contribution >= 4 is 0 Å². The maximum absolute atomic E-state index is 8.98. The summed E-state index contributed by atoms with van der Waals surface area (Å²) in [5.74, 6) is 0. The first-order chi connectivity index (χ1) is 3.60. The second-order valence-corrected chi connectivity index (χ2v) is 3.12. The van der Waals surface area contributed by atoms with Gasteiger partial charge in [-0.25, -0.2) is 0 Å². The molecule has 1 aliphatic carbocycles. The van der Waals surface area contributed by atoms with Crippen molar-refractivity contribution in [1.82, 2.24) is 0 Å². The van der Waals surface area contributed by atoms with Gasteiger partial charge < -0.3 is 5.11 Å². The van der Waals surface area contributed by atoms with Crippen LogP contribution in [0.15, 0.2) is 12.2 Å². The summed E-state index contributed by atoms with van der Waals surface area (Å²) in [5, 5.41) is 8.98. The smallest absolute Gasteiger partial charge is 0.0729 e. The van der Waals surface area contributed by atoms with Gasteiger partial charge in [0.2, 0.25) is 0 Å². The van der Waals surface area contributed by atoms with Crippen molar-refractivity contribution in [3.05, 3.63) is 12.2 Å². The molecular formula is C7H12O. The molecule has 0 aromatic heterocycles. The first kappa shape index (κ1) is 5.83. The fourth-order valence-electron chi connectivity index (χ4n) is 1.05. The van der Waals surface area contributed by atoms with Gasteiger partial charge in [0.1, 0.15) is 0 Å². The summed E-state index contributed by atoms with van der Waals surface area (Å²) in [7, 11) is 0. The van der Waals surface area contributed by atoms with Gasteiger partial charge in [-0.15, -0.1) is 0 Å². The molecule has 0 saturated heterocycles. The zero-order chi connectivity index (χ0) is 6.20. The average Bonchev–Trinajstić information content (AvgIpc) is 1.82. The molecule has 0 heterocycles. The molecule has 0 aromatic carbocycles. The lowest BCUT2D eigenvalue weighted by Gasteiger charge is -2.13. The maximum atomic E-state index is 8.98. The quantitative estimate of drug-likeness (QED) is 0.469. The van der Waals surface area contributed by atoms with Crippen molar-refractivity contribution in [3.63, 3.8) is 0 Å². The Hall–Kier alpha value is -0.300. The van der Waals surface area contributed by atoms with Gasteiger partial charge in [-0.3, -0.25) is 0 Å². The van der Waals surface area contributed by atoms with Gasteiger partial charge in [0.15, 0.2) is 0 Å². The molecule has 1 heteroatoms. The van der Waals surface area contributed by atoms with Crippen molar-refractivity contribution < 1.29 is 5.11 Å². The van der Waals surface area contributed by atoms with Crippen LogP contribution in [0.3, 0.4) is 0 Å². The minimum atomic E-state index is -0.190. The molecule has 1 rings (SSSR count). The van der Waals surface area contributed by atoms with Crippen LogP contribution in [0.2, 0.25) is 0 Å². The van der Waals surface area contributed by atoms with Gasteiger partial charge in [-0.05, 0) is 11.8 Å². The highest BCUT2D eigenvalue weighted by molar-refractivity contribution is 5.07. The second kappa shape index (κ2) is 1.59. The third-order valence-electron chi connectivity index (χ3n) is 1.50. The Morgan fingerprint density at radius 2 is 2.25 bits per heavy atom. The average molecular weight is 112 g/mol. The Kier molecular flexibility index (Phi) is 1.16. The van der Waals surface area contributed by atoms with Gasteiger partial charge in [-0.2, -0.15) is 0 Å². The summed E-state index contributed by atoms with van der Waals surface area (Å²) in [6.07, 6.45) is 4.62. The highest BCUT2D eigenvalue weighted by Crippen LogP contribution is 2.29. The van der Waals surface area contributed by atoms with Crippen molar-refractivity contribution in [3.8, 4) is 0 Å². The van der Waals surface area contributed by atoms with Crippen molar-refractivity contribution in [2.75, 3.05) is 0 Å². The van der Waals surface area contributed by atoms with Crippen LogP contribution in [-0.2, 0) is 0 Å². The lowest BCUT2D eigenvalue weighted by atomic mass is 9.93. The largest absolute Gasteiger partial charge is 0.389 e. The number of rotatable bonds is 0. The molecular weight excluding hydrogens is 100 g/mol. The molecule has 0 aliphatic heterocycles. The number of aliphatic hydroxyl groups is 1. The number of allylic oxidation sites excluding steroid dienone is 1. The first-order valence-corrected chi connectivity index (χ1v) is 2.98. The number of aliphatic hydroxyl groups excluding tert-OH is 1. The van der Waals surface area contributed by atoms with Crippen LogP contribution >= 0.6 is 0 Å². The van der Waals surface area contributed by atoms with E-state index in [-0.39, 0.29) is 11.5 Å². The molecule has 1 nitrogen and oxygen atoms in total. The Morgan fingerprint density at radius 3 is 2.38 bits per heavy atom. The predicted molar refractivity (Wildman–Crippen MR) is 33.5 cm³/mol. The Balaban J connectivity index is 2.58. The summed E-state index contributed by atoms with van der Waals surface area (Å²) in [4.78, 5) is 0. The van der Waals surface area contributed by atoms with E-state index in [4.69, 9.17) is 5.11 Å². The standard InChI is InChI=1S/C7H12O/c1-7(2)4-3-6(8)5-7/h3-4,6,8H,5H2,1-2H3. The van der Waals surface area contributed by atoms with Crippen molar-refractivity contribution in [1.29, 1.82) is 0 Å². The van der Waals surface area contributed by atoms with Gasteiger partial charge >= 0.3 is 0 Å². The molecule has 1 unspecified atom stereocenters. The molecule has 1 atom stereocenters. The molecule has 0 fully saturated rings. The van der Waals surface area contributed by atoms with Crippen LogP contribution in [0.1, 0.15) is 20.3 Å². The topological polar surface area (TPSA) is 20.2 Å². The molecule has 8 heavy (non-hydrogen) atoms. The molecule has 0 bridgehead atoms. The van der Waals surface area contributed by atoms with E-state index in [0.29, 0.717) is 0 Å². The monoisotopic (exact) mass is 112 g/mol. The van der Waals surface area contributed by atoms with Gasteiger partial charge in [0.25, 0.3) is 0 Å². The molecule has 0 aromatic rings. The van der Waals surface area contributed by atoms with Crippen LogP contribution in [0.5, 0.6) is 0 Å². The summed E-state index contributed by atoms with van der Waals surface area (Å²) >= 11 is 0. The highest BCUT2D eigenvalue weighted by atomic mass is 16.3. The van der Waals surface area contributed by atoms with E-state index in [9.17, 15) is 0 Å². The Labute approximate surface area is 50.0 Å². The molecule has 1 aliphatic rings. The lowest BCUT2D eigenvalue weighted by molar-refractivity contribution is 0.192. The van der Waals surface area contributed by atoms with E-state index in [1.165, 1.54) is 0 Å². The molecule has 46 valence electrons. The lowest BCUT2D eigenvalue weighted by Crippen LogP contribution is -2.08. The van der Waals surface area contributed by atoms with E-state index in [1.54, 1.807) is 0 Å².